The van der Waals surface area contributed by atoms with E-state index in [1.165, 1.54) is 24.3 Å². The summed E-state index contributed by atoms with van der Waals surface area (Å²) in [6.45, 7) is 0. The van der Waals surface area contributed by atoms with Crippen molar-refractivity contribution in [1.29, 1.82) is 0 Å². The number of nitro groups is 1. The fourth-order valence-corrected chi connectivity index (χ4v) is 2.61. The molecule has 0 spiro atoms. The molecule has 0 radical (unpaired) electrons. The number of nitrogens with zero attached hydrogens (tertiary/aromatic N) is 1. The highest BCUT2D eigenvalue weighted by molar-refractivity contribution is 7.92. The van der Waals surface area contributed by atoms with Gasteiger partial charge in [-0.1, -0.05) is 18.2 Å². The smallest absolute Gasteiger partial charge is 0.284 e. The standard InChI is InChI=1S/C14H11F3N2O4S/c1-24(22,23)18-11-5-2-9(3-6-11)10-4-7-12(14(15,16)17)13(8-10)19(20)21/h2-8,18H,1H3. The first-order valence-corrected chi connectivity index (χ1v) is 8.30. The van der Waals surface area contributed by atoms with E-state index in [4.69, 9.17) is 0 Å². The van der Waals surface area contributed by atoms with Crippen LogP contribution in [0.4, 0.5) is 24.5 Å². The van der Waals surface area contributed by atoms with E-state index in [0.29, 0.717) is 11.6 Å². The Balaban J connectivity index is 2.43. The highest BCUT2D eigenvalue weighted by Gasteiger charge is 2.38. The molecule has 0 aliphatic rings. The van der Waals surface area contributed by atoms with Crippen molar-refractivity contribution in [1.82, 2.24) is 0 Å². The Hall–Kier alpha value is -2.62. The number of hydrogen-bond acceptors (Lipinski definition) is 4. The average Bonchev–Trinajstić information content (AvgIpc) is 2.44. The van der Waals surface area contributed by atoms with Crippen LogP contribution in [0.15, 0.2) is 42.5 Å². The summed E-state index contributed by atoms with van der Waals surface area (Å²) in [6.07, 6.45) is -3.86. The second kappa shape index (κ2) is 6.11. The van der Waals surface area contributed by atoms with Gasteiger partial charge in [0.2, 0.25) is 10.0 Å². The fraction of sp³-hybridized carbons (Fsp3) is 0.143. The lowest BCUT2D eigenvalue weighted by atomic mass is 10.0. The number of halogens is 3. The van der Waals surface area contributed by atoms with Crippen LogP contribution in [0.1, 0.15) is 5.56 Å². The van der Waals surface area contributed by atoms with E-state index in [0.717, 1.165) is 18.4 Å². The van der Waals surface area contributed by atoms with E-state index < -0.39 is 32.4 Å². The molecule has 1 N–H and O–H groups in total. The van der Waals surface area contributed by atoms with Crippen molar-refractivity contribution >= 4 is 21.4 Å². The fourth-order valence-electron chi connectivity index (χ4n) is 2.05. The van der Waals surface area contributed by atoms with E-state index >= 15 is 0 Å². The van der Waals surface area contributed by atoms with Gasteiger partial charge in [0, 0.05) is 11.8 Å². The molecule has 0 saturated heterocycles. The third-order valence-electron chi connectivity index (χ3n) is 3.02. The number of sulfonamides is 1. The second-order valence-electron chi connectivity index (χ2n) is 4.94. The molecule has 0 bridgehead atoms. The van der Waals surface area contributed by atoms with Crippen LogP contribution in [-0.4, -0.2) is 19.6 Å². The Morgan fingerprint density at radius 1 is 1.04 bits per heavy atom. The van der Waals surface area contributed by atoms with Gasteiger partial charge in [-0.15, -0.1) is 0 Å². The van der Waals surface area contributed by atoms with E-state index in [2.05, 4.69) is 4.72 Å². The summed E-state index contributed by atoms with van der Waals surface area (Å²) in [4.78, 5) is 9.80. The molecule has 2 aromatic carbocycles. The maximum absolute atomic E-state index is 12.8. The van der Waals surface area contributed by atoms with Gasteiger partial charge >= 0.3 is 6.18 Å². The summed E-state index contributed by atoms with van der Waals surface area (Å²) in [5.74, 6) is 0. The normalized spacial score (nSPS) is 12.0. The van der Waals surface area contributed by atoms with Gasteiger partial charge in [-0.05, 0) is 29.3 Å². The third kappa shape index (κ3) is 4.22. The summed E-state index contributed by atoms with van der Waals surface area (Å²) >= 11 is 0. The van der Waals surface area contributed by atoms with Crippen LogP contribution in [0.2, 0.25) is 0 Å². The van der Waals surface area contributed by atoms with Crippen LogP contribution in [0, 0.1) is 10.1 Å². The van der Waals surface area contributed by atoms with E-state index in [9.17, 15) is 31.7 Å². The van der Waals surface area contributed by atoms with Gasteiger partial charge in [0.15, 0.2) is 0 Å². The van der Waals surface area contributed by atoms with Crippen LogP contribution in [0.25, 0.3) is 11.1 Å². The van der Waals surface area contributed by atoms with E-state index in [1.54, 1.807) is 0 Å². The molecule has 10 heteroatoms. The average molecular weight is 360 g/mol. The molecular weight excluding hydrogens is 349 g/mol. The number of nitro benzene ring substituents is 1. The summed E-state index contributed by atoms with van der Waals surface area (Å²) in [6, 6.07) is 8.30. The summed E-state index contributed by atoms with van der Waals surface area (Å²) in [5, 5.41) is 10.9. The van der Waals surface area contributed by atoms with Gasteiger partial charge in [-0.3, -0.25) is 14.8 Å². The number of anilines is 1. The number of rotatable bonds is 4. The van der Waals surface area contributed by atoms with Crippen molar-refractivity contribution in [2.75, 3.05) is 11.0 Å². The van der Waals surface area contributed by atoms with Gasteiger partial charge in [-0.2, -0.15) is 13.2 Å². The van der Waals surface area contributed by atoms with Crippen molar-refractivity contribution in [3.8, 4) is 11.1 Å². The molecule has 2 rings (SSSR count). The molecule has 6 nitrogen and oxygen atoms in total. The molecule has 2 aromatic rings. The zero-order valence-corrected chi connectivity index (χ0v) is 13.0. The molecule has 0 saturated carbocycles. The Kier molecular flexibility index (Phi) is 4.52. The topological polar surface area (TPSA) is 89.3 Å². The number of hydrogen-bond donors (Lipinski definition) is 1. The number of nitrogens with one attached hydrogen (secondary N) is 1. The van der Waals surface area contributed by atoms with E-state index in [1.807, 2.05) is 0 Å². The molecule has 24 heavy (non-hydrogen) atoms. The van der Waals surface area contributed by atoms with Crippen LogP contribution in [0.3, 0.4) is 0 Å². The van der Waals surface area contributed by atoms with Crippen molar-refractivity contribution in [3.05, 3.63) is 58.1 Å². The molecule has 0 heterocycles. The lowest BCUT2D eigenvalue weighted by Crippen LogP contribution is -2.09. The molecular formula is C14H11F3N2O4S. The number of benzene rings is 2. The Labute approximate surface area is 135 Å². The minimum Gasteiger partial charge on any atom is -0.284 e. The lowest BCUT2D eigenvalue weighted by molar-refractivity contribution is -0.388. The van der Waals surface area contributed by atoms with Gasteiger partial charge in [0.05, 0.1) is 11.2 Å². The highest BCUT2D eigenvalue weighted by atomic mass is 32.2. The minimum atomic E-state index is -4.83. The maximum Gasteiger partial charge on any atom is 0.422 e. The van der Waals surface area contributed by atoms with Gasteiger partial charge in [-0.25, -0.2) is 8.42 Å². The summed E-state index contributed by atoms with van der Waals surface area (Å²) in [7, 11) is -3.46. The van der Waals surface area contributed by atoms with Crippen LogP contribution in [-0.2, 0) is 16.2 Å². The van der Waals surface area contributed by atoms with Crippen LogP contribution in [0.5, 0.6) is 0 Å². The molecule has 0 amide bonds. The first-order valence-electron chi connectivity index (χ1n) is 6.41. The molecule has 128 valence electrons. The largest absolute Gasteiger partial charge is 0.422 e. The zero-order chi connectivity index (χ0) is 18.1. The van der Waals surface area contributed by atoms with Crippen molar-refractivity contribution in [3.63, 3.8) is 0 Å². The van der Waals surface area contributed by atoms with E-state index in [-0.39, 0.29) is 11.3 Å². The van der Waals surface area contributed by atoms with Gasteiger partial charge in [0.25, 0.3) is 5.69 Å². The second-order valence-corrected chi connectivity index (χ2v) is 6.69. The van der Waals surface area contributed by atoms with Crippen molar-refractivity contribution in [2.24, 2.45) is 0 Å². The minimum absolute atomic E-state index is 0.209. The summed E-state index contributed by atoms with van der Waals surface area (Å²) in [5.41, 5.74) is -1.49. The zero-order valence-electron chi connectivity index (χ0n) is 12.2. The van der Waals surface area contributed by atoms with Crippen LogP contribution < -0.4 is 4.72 Å². The monoisotopic (exact) mass is 360 g/mol. The first-order chi connectivity index (χ1) is 11.0. The van der Waals surface area contributed by atoms with Gasteiger partial charge < -0.3 is 0 Å². The maximum atomic E-state index is 12.8. The summed E-state index contributed by atoms with van der Waals surface area (Å²) < 4.78 is 62.8. The molecule has 0 atom stereocenters. The van der Waals surface area contributed by atoms with Crippen molar-refractivity contribution < 1.29 is 26.5 Å². The molecule has 0 aliphatic carbocycles. The predicted octanol–water partition coefficient (Wildman–Crippen LogP) is 3.65. The Morgan fingerprint density at radius 3 is 2.04 bits per heavy atom. The number of alkyl halides is 3. The quantitative estimate of drug-likeness (QED) is 0.666. The molecule has 0 aliphatic heterocycles. The Morgan fingerprint density at radius 2 is 1.58 bits per heavy atom. The molecule has 0 fully saturated rings. The van der Waals surface area contributed by atoms with Gasteiger partial charge in [0.1, 0.15) is 5.56 Å². The van der Waals surface area contributed by atoms with Crippen LogP contribution >= 0.6 is 0 Å². The van der Waals surface area contributed by atoms with Crippen molar-refractivity contribution in [2.45, 2.75) is 6.18 Å². The Bertz CT molecular complexity index is 878. The predicted molar refractivity (Wildman–Crippen MR) is 82.0 cm³/mol. The SMILES string of the molecule is CS(=O)(=O)Nc1ccc(-c2ccc(C(F)(F)F)c([N+](=O)[O-])c2)cc1. The highest BCUT2D eigenvalue weighted by Crippen LogP contribution is 2.38. The lowest BCUT2D eigenvalue weighted by Gasteiger charge is -2.10. The molecule has 0 unspecified atom stereocenters. The molecule has 0 aromatic heterocycles. The third-order valence-corrected chi connectivity index (χ3v) is 3.63. The first kappa shape index (κ1) is 17.7.